The van der Waals surface area contributed by atoms with Gasteiger partial charge in [-0.3, -0.25) is 0 Å². The van der Waals surface area contributed by atoms with E-state index < -0.39 is 0 Å². The molecule has 0 bridgehead atoms. The molecule has 4 nitrogen and oxygen atoms in total. The van der Waals surface area contributed by atoms with Crippen LogP contribution in [0, 0.1) is 6.92 Å². The lowest BCUT2D eigenvalue weighted by molar-refractivity contribution is 0.478. The first-order valence-electron chi connectivity index (χ1n) is 5.22. The standard InChI is InChI=1S/C10H15ClN4.2ClH/c1-7-6-9(15-10(11)13-7)14-8-2-4-12-5-3-8;;/h6,8,12H,2-5H2,1H3,(H,13,14,15);2*1H. The first-order valence-corrected chi connectivity index (χ1v) is 5.60. The molecule has 1 aliphatic rings. The Bertz CT molecular complexity index is 322. The molecule has 2 N–H and O–H groups in total. The normalized spacial score (nSPS) is 15.6. The van der Waals surface area contributed by atoms with Gasteiger partial charge in [-0.15, -0.1) is 24.8 Å². The minimum absolute atomic E-state index is 0. The molecule has 1 aliphatic heterocycles. The van der Waals surface area contributed by atoms with Gasteiger partial charge in [0.25, 0.3) is 0 Å². The number of hydrogen-bond donors (Lipinski definition) is 2. The van der Waals surface area contributed by atoms with Gasteiger partial charge in [-0.2, -0.15) is 0 Å². The Morgan fingerprint density at radius 1 is 1.29 bits per heavy atom. The average molecular weight is 300 g/mol. The van der Waals surface area contributed by atoms with E-state index in [4.69, 9.17) is 11.6 Å². The van der Waals surface area contributed by atoms with E-state index in [1.165, 1.54) is 0 Å². The molecule has 1 fully saturated rings. The number of hydrogen-bond acceptors (Lipinski definition) is 4. The van der Waals surface area contributed by atoms with Crippen LogP contribution in [0.5, 0.6) is 0 Å². The first-order chi connectivity index (χ1) is 7.24. The SMILES string of the molecule is Cc1cc(NC2CCNCC2)nc(Cl)n1.Cl.Cl. The Kier molecular flexibility index (Phi) is 7.79. The Hall–Kier alpha value is -0.290. The predicted molar refractivity (Wildman–Crippen MR) is 75.8 cm³/mol. The molecule has 0 atom stereocenters. The minimum atomic E-state index is 0. The van der Waals surface area contributed by atoms with E-state index in [9.17, 15) is 0 Å². The summed E-state index contributed by atoms with van der Waals surface area (Å²) in [5, 5.41) is 7.02. The molecule has 98 valence electrons. The minimum Gasteiger partial charge on any atom is -0.367 e. The highest BCUT2D eigenvalue weighted by Gasteiger charge is 2.13. The van der Waals surface area contributed by atoms with E-state index in [0.29, 0.717) is 11.3 Å². The zero-order valence-electron chi connectivity index (χ0n) is 9.57. The van der Waals surface area contributed by atoms with Gasteiger partial charge in [-0.25, -0.2) is 9.97 Å². The number of nitrogens with zero attached hydrogens (tertiary/aromatic N) is 2. The van der Waals surface area contributed by atoms with Gasteiger partial charge in [-0.1, -0.05) is 0 Å². The van der Waals surface area contributed by atoms with E-state index in [-0.39, 0.29) is 24.8 Å². The molecule has 0 spiro atoms. The van der Waals surface area contributed by atoms with Crippen molar-refractivity contribution in [3.05, 3.63) is 17.0 Å². The molecule has 0 saturated carbocycles. The Labute approximate surface area is 119 Å². The summed E-state index contributed by atoms with van der Waals surface area (Å²) in [4.78, 5) is 8.18. The number of piperidine rings is 1. The molecule has 0 aromatic carbocycles. The van der Waals surface area contributed by atoms with Crippen LogP contribution in [-0.2, 0) is 0 Å². The number of aryl methyl sites for hydroxylation is 1. The monoisotopic (exact) mass is 298 g/mol. The zero-order valence-corrected chi connectivity index (χ0v) is 12.0. The van der Waals surface area contributed by atoms with Crippen molar-refractivity contribution in [3.63, 3.8) is 0 Å². The maximum absolute atomic E-state index is 5.79. The number of halogens is 3. The zero-order chi connectivity index (χ0) is 10.7. The summed E-state index contributed by atoms with van der Waals surface area (Å²) in [6.45, 7) is 4.05. The van der Waals surface area contributed by atoms with Gasteiger partial charge in [0.1, 0.15) is 5.82 Å². The van der Waals surface area contributed by atoms with E-state index >= 15 is 0 Å². The number of aromatic nitrogens is 2. The summed E-state index contributed by atoms with van der Waals surface area (Å²) in [7, 11) is 0. The van der Waals surface area contributed by atoms with E-state index in [1.807, 2.05) is 13.0 Å². The first kappa shape index (κ1) is 16.7. The highest BCUT2D eigenvalue weighted by atomic mass is 35.5. The van der Waals surface area contributed by atoms with E-state index in [0.717, 1.165) is 37.4 Å². The molecule has 1 aromatic heterocycles. The summed E-state index contributed by atoms with van der Waals surface area (Å²) in [6, 6.07) is 2.42. The Balaban J connectivity index is 0.00000128. The van der Waals surface area contributed by atoms with Crippen LogP contribution in [0.15, 0.2) is 6.07 Å². The second-order valence-corrected chi connectivity index (χ2v) is 4.17. The lowest BCUT2D eigenvalue weighted by atomic mass is 10.1. The van der Waals surface area contributed by atoms with Crippen LogP contribution in [0.4, 0.5) is 5.82 Å². The molecule has 2 heterocycles. The maximum atomic E-state index is 5.79. The fourth-order valence-corrected chi connectivity index (χ4v) is 2.01. The molecule has 1 aromatic rings. The summed E-state index contributed by atoms with van der Waals surface area (Å²) in [5.74, 6) is 0.833. The molecule has 0 unspecified atom stereocenters. The van der Waals surface area contributed by atoms with Crippen LogP contribution < -0.4 is 10.6 Å². The van der Waals surface area contributed by atoms with Crippen molar-refractivity contribution in [2.75, 3.05) is 18.4 Å². The summed E-state index contributed by atoms with van der Waals surface area (Å²) in [5.41, 5.74) is 0.895. The Morgan fingerprint density at radius 2 is 1.94 bits per heavy atom. The van der Waals surface area contributed by atoms with Crippen LogP contribution in [0.1, 0.15) is 18.5 Å². The van der Waals surface area contributed by atoms with Gasteiger partial charge < -0.3 is 10.6 Å². The Morgan fingerprint density at radius 3 is 2.53 bits per heavy atom. The van der Waals surface area contributed by atoms with Gasteiger partial charge >= 0.3 is 0 Å². The third-order valence-corrected chi connectivity index (χ3v) is 2.69. The highest BCUT2D eigenvalue weighted by Crippen LogP contribution is 2.14. The third-order valence-electron chi connectivity index (χ3n) is 2.52. The summed E-state index contributed by atoms with van der Waals surface area (Å²) in [6.07, 6.45) is 2.25. The fraction of sp³-hybridized carbons (Fsp3) is 0.600. The van der Waals surface area contributed by atoms with Crippen molar-refractivity contribution in [2.45, 2.75) is 25.8 Å². The molecule has 2 rings (SSSR count). The lowest BCUT2D eigenvalue weighted by Gasteiger charge is -2.24. The smallest absolute Gasteiger partial charge is 0.224 e. The van der Waals surface area contributed by atoms with Crippen LogP contribution in [-0.4, -0.2) is 29.1 Å². The van der Waals surface area contributed by atoms with Gasteiger partial charge in [0.2, 0.25) is 5.28 Å². The number of anilines is 1. The van der Waals surface area contributed by atoms with Crippen LogP contribution in [0.3, 0.4) is 0 Å². The second-order valence-electron chi connectivity index (χ2n) is 3.83. The van der Waals surface area contributed by atoms with Gasteiger partial charge in [-0.05, 0) is 44.5 Å². The molecule has 17 heavy (non-hydrogen) atoms. The fourth-order valence-electron chi connectivity index (χ4n) is 1.78. The molecular weight excluding hydrogens is 282 g/mol. The molecule has 0 amide bonds. The maximum Gasteiger partial charge on any atom is 0.224 e. The van der Waals surface area contributed by atoms with Crippen LogP contribution in [0.2, 0.25) is 5.28 Å². The third kappa shape index (κ3) is 5.25. The predicted octanol–water partition coefficient (Wildman–Crippen LogP) is 2.45. The summed E-state index contributed by atoms with van der Waals surface area (Å²) >= 11 is 5.79. The van der Waals surface area contributed by atoms with Crippen molar-refractivity contribution in [2.24, 2.45) is 0 Å². The van der Waals surface area contributed by atoms with Crippen molar-refractivity contribution >= 4 is 42.2 Å². The molecule has 0 aliphatic carbocycles. The largest absolute Gasteiger partial charge is 0.367 e. The van der Waals surface area contributed by atoms with Crippen LogP contribution in [0.25, 0.3) is 0 Å². The van der Waals surface area contributed by atoms with Gasteiger partial charge in [0, 0.05) is 17.8 Å². The number of nitrogens with one attached hydrogen (secondary N) is 2. The van der Waals surface area contributed by atoms with E-state index in [2.05, 4.69) is 20.6 Å². The van der Waals surface area contributed by atoms with Crippen molar-refractivity contribution in [1.29, 1.82) is 0 Å². The lowest BCUT2D eigenvalue weighted by Crippen LogP contribution is -2.35. The number of rotatable bonds is 2. The quantitative estimate of drug-likeness (QED) is 0.824. The van der Waals surface area contributed by atoms with Gasteiger partial charge in [0.05, 0.1) is 0 Å². The summed E-state index contributed by atoms with van der Waals surface area (Å²) < 4.78 is 0. The molecule has 0 radical (unpaired) electrons. The van der Waals surface area contributed by atoms with Crippen molar-refractivity contribution in [1.82, 2.24) is 15.3 Å². The topological polar surface area (TPSA) is 49.8 Å². The van der Waals surface area contributed by atoms with Gasteiger partial charge in [0.15, 0.2) is 0 Å². The second kappa shape index (κ2) is 7.93. The van der Waals surface area contributed by atoms with E-state index in [1.54, 1.807) is 0 Å². The molecular formula is C10H17Cl3N4. The van der Waals surface area contributed by atoms with Crippen molar-refractivity contribution < 1.29 is 0 Å². The molecule has 1 saturated heterocycles. The van der Waals surface area contributed by atoms with Crippen LogP contribution >= 0.6 is 36.4 Å². The average Bonchev–Trinajstić information content (AvgIpc) is 2.17. The molecule has 7 heteroatoms. The highest BCUT2D eigenvalue weighted by molar-refractivity contribution is 6.28. The van der Waals surface area contributed by atoms with Crippen molar-refractivity contribution in [3.8, 4) is 0 Å².